The molecule has 15 aliphatic rings. The zero-order chi connectivity index (χ0) is 53.8. The quantitative estimate of drug-likeness (QED) is 0.238. The fourth-order valence-corrected chi connectivity index (χ4v) is 20.7. The lowest BCUT2D eigenvalue weighted by Crippen LogP contribution is -2.42. The molecule has 0 aliphatic heterocycles. The van der Waals surface area contributed by atoms with Gasteiger partial charge >= 0.3 is 0 Å². The summed E-state index contributed by atoms with van der Waals surface area (Å²) in [7, 11) is 0. The lowest BCUT2D eigenvalue weighted by Gasteiger charge is -2.51. The van der Waals surface area contributed by atoms with Crippen molar-refractivity contribution >= 4 is 0 Å². The molecule has 0 aromatic rings. The van der Waals surface area contributed by atoms with Crippen LogP contribution in [0.5, 0.6) is 0 Å². The lowest BCUT2D eigenvalue weighted by molar-refractivity contribution is -0.0126. The summed E-state index contributed by atoms with van der Waals surface area (Å²) in [6.45, 7) is 40.6. The molecule has 0 nitrogen and oxygen atoms in total. The largest absolute Gasteiger partial charge is 0.0628 e. The van der Waals surface area contributed by atoms with Crippen LogP contribution in [-0.2, 0) is 0 Å². The van der Waals surface area contributed by atoms with E-state index < -0.39 is 0 Å². The van der Waals surface area contributed by atoms with Gasteiger partial charge in [0.25, 0.3) is 0 Å². The Morgan fingerprint density at radius 3 is 1.00 bits per heavy atom. The molecule has 0 radical (unpaired) electrons. The van der Waals surface area contributed by atoms with Gasteiger partial charge < -0.3 is 0 Å². The summed E-state index contributed by atoms with van der Waals surface area (Å²) in [6, 6.07) is 0. The van der Waals surface area contributed by atoms with Crippen LogP contribution < -0.4 is 0 Å². The van der Waals surface area contributed by atoms with Gasteiger partial charge in [-0.2, -0.15) is 0 Å². The van der Waals surface area contributed by atoms with E-state index in [-0.39, 0.29) is 0 Å². The highest BCUT2D eigenvalue weighted by Gasteiger charge is 2.45. The van der Waals surface area contributed by atoms with Gasteiger partial charge in [-0.3, -0.25) is 0 Å². The minimum Gasteiger partial charge on any atom is -0.0628 e. The molecule has 0 aromatic heterocycles. The minimum atomic E-state index is 0.557. The fourth-order valence-electron chi connectivity index (χ4n) is 20.7. The Bertz CT molecular complexity index is 1530. The molecule has 0 N–H and O–H groups in total. The molecule has 15 aliphatic carbocycles. The Labute approximate surface area is 466 Å². The van der Waals surface area contributed by atoms with Crippen LogP contribution in [0.25, 0.3) is 0 Å². The van der Waals surface area contributed by atoms with Crippen molar-refractivity contribution < 1.29 is 0 Å². The molecular weight excluding hydrogens is 889 g/mol. The molecule has 432 valence electrons. The van der Waals surface area contributed by atoms with Gasteiger partial charge in [-0.1, -0.05) is 188 Å². The van der Waals surface area contributed by atoms with E-state index in [1.54, 1.807) is 135 Å². The average Bonchev–Trinajstić information content (AvgIpc) is 4.03. The third-order valence-electron chi connectivity index (χ3n) is 23.1. The van der Waals surface area contributed by atoms with Gasteiger partial charge in [0, 0.05) is 0 Å². The van der Waals surface area contributed by atoms with Crippen molar-refractivity contribution in [3.63, 3.8) is 0 Å². The number of fused-ring (bicyclic) bond motifs is 13. The van der Waals surface area contributed by atoms with E-state index in [1.807, 2.05) is 0 Å². The Morgan fingerprint density at radius 2 is 0.622 bits per heavy atom. The molecule has 15 saturated carbocycles. The number of hydrogen-bond acceptors (Lipinski definition) is 0. The monoisotopic (exact) mass is 1030 g/mol. The van der Waals surface area contributed by atoms with Gasteiger partial charge in [-0.25, -0.2) is 0 Å². The van der Waals surface area contributed by atoms with Gasteiger partial charge in [0.1, 0.15) is 0 Å². The van der Waals surface area contributed by atoms with Gasteiger partial charge in [0.05, 0.1) is 0 Å². The molecule has 74 heavy (non-hydrogen) atoms. The molecule has 15 fully saturated rings. The van der Waals surface area contributed by atoms with Gasteiger partial charge in [-0.05, 0) is 281 Å². The first-order valence-corrected chi connectivity index (χ1v) is 34.5. The van der Waals surface area contributed by atoms with Crippen LogP contribution in [0.15, 0.2) is 0 Å². The van der Waals surface area contributed by atoms with Crippen molar-refractivity contribution in [2.45, 2.75) is 330 Å². The standard InChI is InChI=1S/2C13H24.4C12H22/c1-13(2,3)9-12-7-10-4-5-11(6-10)8-12;1-13(2,3)9-12-10-5-4-6-11(12)8-7-10;1-12(2,3)8-11-6-9-4-10(5-9)7-11;1-12(2,3)8-11-7-9-4-5-10(11)6-9;1-12(2,3)8-11-9-5-4-6-10(11)7-9;1-9(2)7-12-8-10-3-5-11(12)6-4-10/h2*10-12H,4-9H2,1-3H3;3*9-11H,4-8H2,1-3H3;9-12H,3-8H2,1-2H3. The fraction of sp³-hybridized carbons (Fsp3) is 1.00. The Kier molecular flexibility index (Phi) is 21.9. The van der Waals surface area contributed by atoms with Crippen LogP contribution in [0.2, 0.25) is 0 Å². The highest BCUT2D eigenvalue weighted by Crippen LogP contribution is 2.56. The molecule has 10 atom stereocenters. The zero-order valence-corrected chi connectivity index (χ0v) is 53.8. The molecule has 0 heterocycles. The highest BCUT2D eigenvalue weighted by molar-refractivity contribution is 4.96. The predicted molar refractivity (Wildman–Crippen MR) is 327 cm³/mol. The molecule has 12 bridgehead atoms. The summed E-state index contributed by atoms with van der Waals surface area (Å²) in [5.74, 6) is 20.9. The number of hydrogen-bond donors (Lipinski definition) is 0. The summed E-state index contributed by atoms with van der Waals surface area (Å²) in [5, 5.41) is 0. The smallest absolute Gasteiger partial charge is 0.0352 e. The second-order valence-corrected chi connectivity index (χ2v) is 37.1. The maximum Gasteiger partial charge on any atom is -0.0352 e. The van der Waals surface area contributed by atoms with E-state index in [2.05, 4.69) is 118 Å². The molecule has 15 rings (SSSR count). The van der Waals surface area contributed by atoms with Crippen LogP contribution in [0.1, 0.15) is 330 Å². The van der Waals surface area contributed by atoms with Crippen molar-refractivity contribution in [2.24, 2.45) is 140 Å². The summed E-state index contributed by atoms with van der Waals surface area (Å²) < 4.78 is 0. The predicted octanol–water partition coefficient (Wildman–Crippen LogP) is 23.9. The maximum absolute atomic E-state index is 2.40. The van der Waals surface area contributed by atoms with Gasteiger partial charge in [0.2, 0.25) is 0 Å². The summed E-state index contributed by atoms with van der Waals surface area (Å²) >= 11 is 0. The molecule has 10 unspecified atom stereocenters. The van der Waals surface area contributed by atoms with Crippen LogP contribution in [0.3, 0.4) is 0 Å². The van der Waals surface area contributed by atoms with Crippen LogP contribution in [0.4, 0.5) is 0 Å². The molecular formula is C74H136. The van der Waals surface area contributed by atoms with Crippen molar-refractivity contribution in [3.8, 4) is 0 Å². The highest BCUT2D eigenvalue weighted by atomic mass is 14.5. The van der Waals surface area contributed by atoms with Gasteiger partial charge in [-0.15, -0.1) is 0 Å². The van der Waals surface area contributed by atoms with E-state index >= 15 is 0 Å². The van der Waals surface area contributed by atoms with Crippen LogP contribution >= 0.6 is 0 Å². The topological polar surface area (TPSA) is 0 Å². The Hall–Kier alpha value is 0. The Balaban J connectivity index is 0.000000130. The molecule has 0 spiro atoms. The third-order valence-corrected chi connectivity index (χ3v) is 23.1. The lowest BCUT2D eigenvalue weighted by atomic mass is 9.54. The molecule has 0 saturated heterocycles. The summed E-state index contributed by atoms with van der Waals surface area (Å²) in [4.78, 5) is 0. The summed E-state index contributed by atoms with van der Waals surface area (Å²) in [6.07, 6.45) is 50.7. The van der Waals surface area contributed by atoms with E-state index in [0.29, 0.717) is 27.1 Å². The molecule has 0 heteroatoms. The van der Waals surface area contributed by atoms with Crippen molar-refractivity contribution in [3.05, 3.63) is 0 Å². The van der Waals surface area contributed by atoms with Crippen molar-refractivity contribution in [1.29, 1.82) is 0 Å². The average molecular weight is 1030 g/mol. The van der Waals surface area contributed by atoms with Gasteiger partial charge in [0.15, 0.2) is 0 Å². The van der Waals surface area contributed by atoms with Crippen LogP contribution in [0, 0.1) is 140 Å². The van der Waals surface area contributed by atoms with Crippen LogP contribution in [-0.4, -0.2) is 0 Å². The second-order valence-electron chi connectivity index (χ2n) is 37.1. The zero-order valence-electron chi connectivity index (χ0n) is 53.8. The minimum absolute atomic E-state index is 0.557. The third kappa shape index (κ3) is 20.2. The SMILES string of the molecule is CC(C)(C)CC1C2CCCC1C2.CC(C)(C)CC1C2CCCC1CC2.CC(C)(C)CC1CC2CC(C2)C1.CC(C)(C)CC1CC2CCC(C2)C1.CC(C)(C)CC1CC2CCC1C2.CC(C)CC1CC2CCC1CC2. The summed E-state index contributed by atoms with van der Waals surface area (Å²) in [5.41, 5.74) is 2.81. The van der Waals surface area contributed by atoms with Crippen molar-refractivity contribution in [1.82, 2.24) is 0 Å². The Morgan fingerprint density at radius 1 is 0.270 bits per heavy atom. The molecule has 0 aromatic carbocycles. The van der Waals surface area contributed by atoms with E-state index in [4.69, 9.17) is 0 Å². The van der Waals surface area contributed by atoms with E-state index in [9.17, 15) is 0 Å². The first-order valence-electron chi connectivity index (χ1n) is 34.5. The first kappa shape index (κ1) is 61.6. The first-order chi connectivity index (χ1) is 34.5. The normalized spacial score (nSPS) is 40.3. The van der Waals surface area contributed by atoms with E-state index in [0.717, 1.165) is 112 Å². The van der Waals surface area contributed by atoms with E-state index in [1.165, 1.54) is 77.0 Å². The maximum atomic E-state index is 2.40. The van der Waals surface area contributed by atoms with Crippen molar-refractivity contribution in [2.75, 3.05) is 0 Å². The molecule has 0 amide bonds. The second kappa shape index (κ2) is 26.3. The number of rotatable bonds is 7.